The number of piperidine rings is 1. The molecule has 0 aromatic carbocycles. The molecular weight excluding hydrogens is 290 g/mol. The maximum atomic E-state index is 12.2. The van der Waals surface area contributed by atoms with E-state index in [1.807, 2.05) is 0 Å². The second-order valence-corrected chi connectivity index (χ2v) is 6.99. The highest BCUT2D eigenvalue weighted by Crippen LogP contribution is 2.17. The van der Waals surface area contributed by atoms with Gasteiger partial charge >= 0.3 is 0 Å². The third-order valence-corrected chi connectivity index (χ3v) is 5.26. The van der Waals surface area contributed by atoms with Gasteiger partial charge in [-0.3, -0.25) is 0 Å². The van der Waals surface area contributed by atoms with Crippen LogP contribution in [0, 0.1) is 5.92 Å². The number of anilines is 1. The number of hydrogen-bond acceptors (Lipinski definition) is 6. The van der Waals surface area contributed by atoms with Crippen LogP contribution in [0.2, 0.25) is 0 Å². The van der Waals surface area contributed by atoms with Crippen molar-refractivity contribution in [1.82, 2.24) is 19.6 Å². The molecule has 0 atom stereocenters. The molecule has 0 radical (unpaired) electrons. The SMILES string of the molecule is CCN1CCC(CNS(=O)(=O)c2cnc(NC)nc2)CC1. The molecule has 2 N–H and O–H groups in total. The zero-order valence-corrected chi connectivity index (χ0v) is 13.4. The van der Waals surface area contributed by atoms with Crippen molar-refractivity contribution in [3.8, 4) is 0 Å². The molecule has 7 nitrogen and oxygen atoms in total. The van der Waals surface area contributed by atoms with E-state index in [1.165, 1.54) is 12.4 Å². The lowest BCUT2D eigenvalue weighted by Crippen LogP contribution is -2.38. The van der Waals surface area contributed by atoms with Gasteiger partial charge in [0.25, 0.3) is 0 Å². The number of sulfonamides is 1. The first-order chi connectivity index (χ1) is 10.0. The van der Waals surface area contributed by atoms with Crippen LogP contribution in [0.4, 0.5) is 5.95 Å². The average Bonchev–Trinajstić information content (AvgIpc) is 2.53. The highest BCUT2D eigenvalue weighted by atomic mass is 32.2. The summed E-state index contributed by atoms with van der Waals surface area (Å²) in [6.45, 7) is 5.78. The van der Waals surface area contributed by atoms with Gasteiger partial charge in [-0.1, -0.05) is 6.92 Å². The van der Waals surface area contributed by atoms with Gasteiger partial charge in [0.2, 0.25) is 16.0 Å². The van der Waals surface area contributed by atoms with E-state index in [1.54, 1.807) is 7.05 Å². The van der Waals surface area contributed by atoms with E-state index in [0.717, 1.165) is 32.5 Å². The number of likely N-dealkylation sites (tertiary alicyclic amines) is 1. The molecule has 8 heteroatoms. The van der Waals surface area contributed by atoms with Gasteiger partial charge in [0.1, 0.15) is 4.90 Å². The molecule has 0 amide bonds. The summed E-state index contributed by atoms with van der Waals surface area (Å²) in [6.07, 6.45) is 4.71. The van der Waals surface area contributed by atoms with Crippen LogP contribution < -0.4 is 10.0 Å². The van der Waals surface area contributed by atoms with Gasteiger partial charge in [0.05, 0.1) is 12.4 Å². The van der Waals surface area contributed by atoms with E-state index < -0.39 is 10.0 Å². The zero-order valence-electron chi connectivity index (χ0n) is 12.5. The summed E-state index contributed by atoms with van der Waals surface area (Å²) in [5.74, 6) is 0.806. The van der Waals surface area contributed by atoms with Crippen molar-refractivity contribution in [2.75, 3.05) is 38.5 Å². The largest absolute Gasteiger partial charge is 0.357 e. The maximum Gasteiger partial charge on any atom is 0.243 e. The van der Waals surface area contributed by atoms with E-state index in [4.69, 9.17) is 0 Å². The summed E-state index contributed by atoms with van der Waals surface area (Å²) < 4.78 is 27.0. The summed E-state index contributed by atoms with van der Waals surface area (Å²) in [4.78, 5) is 10.4. The van der Waals surface area contributed by atoms with Gasteiger partial charge in [-0.05, 0) is 38.4 Å². The molecule has 0 spiro atoms. The van der Waals surface area contributed by atoms with Crippen LogP contribution in [-0.4, -0.2) is 56.5 Å². The van der Waals surface area contributed by atoms with Gasteiger partial charge in [-0.15, -0.1) is 0 Å². The number of hydrogen-bond donors (Lipinski definition) is 2. The Bertz CT molecular complexity index is 538. The average molecular weight is 313 g/mol. The van der Waals surface area contributed by atoms with Crippen LogP contribution in [0.3, 0.4) is 0 Å². The van der Waals surface area contributed by atoms with E-state index in [2.05, 4.69) is 31.8 Å². The summed E-state index contributed by atoms with van der Waals surface area (Å²) in [5, 5.41) is 2.76. The summed E-state index contributed by atoms with van der Waals surface area (Å²) in [6, 6.07) is 0. The van der Waals surface area contributed by atoms with Gasteiger partial charge < -0.3 is 10.2 Å². The van der Waals surface area contributed by atoms with Gasteiger partial charge in [0, 0.05) is 13.6 Å². The highest BCUT2D eigenvalue weighted by molar-refractivity contribution is 7.89. The molecule has 0 aliphatic carbocycles. The molecule has 1 aliphatic heterocycles. The van der Waals surface area contributed by atoms with E-state index in [0.29, 0.717) is 18.4 Å². The molecule has 1 saturated heterocycles. The monoisotopic (exact) mass is 313 g/mol. The van der Waals surface area contributed by atoms with Crippen molar-refractivity contribution in [1.29, 1.82) is 0 Å². The fraction of sp³-hybridized carbons (Fsp3) is 0.692. The van der Waals surface area contributed by atoms with Gasteiger partial charge in [-0.2, -0.15) is 0 Å². The molecule has 21 heavy (non-hydrogen) atoms. The lowest BCUT2D eigenvalue weighted by Gasteiger charge is -2.30. The van der Waals surface area contributed by atoms with Crippen LogP contribution in [0.15, 0.2) is 17.3 Å². The van der Waals surface area contributed by atoms with Gasteiger partial charge in [-0.25, -0.2) is 23.1 Å². The Morgan fingerprint density at radius 3 is 2.43 bits per heavy atom. The Hall–Kier alpha value is -1.25. The lowest BCUT2D eigenvalue weighted by atomic mass is 9.97. The smallest absolute Gasteiger partial charge is 0.243 e. The van der Waals surface area contributed by atoms with Gasteiger partial charge in [0.15, 0.2) is 0 Å². The van der Waals surface area contributed by atoms with Crippen LogP contribution in [0.1, 0.15) is 19.8 Å². The first-order valence-electron chi connectivity index (χ1n) is 7.27. The predicted octanol–water partition coefficient (Wildman–Crippen LogP) is 0.528. The molecular formula is C13H23N5O2S. The number of nitrogens with zero attached hydrogens (tertiary/aromatic N) is 3. The van der Waals surface area contributed by atoms with E-state index in [-0.39, 0.29) is 4.90 Å². The minimum atomic E-state index is -3.52. The summed E-state index contributed by atoms with van der Waals surface area (Å²) in [5.41, 5.74) is 0. The van der Waals surface area contributed by atoms with E-state index >= 15 is 0 Å². The third kappa shape index (κ3) is 4.36. The highest BCUT2D eigenvalue weighted by Gasteiger charge is 2.21. The second-order valence-electron chi connectivity index (χ2n) is 5.22. The maximum absolute atomic E-state index is 12.2. The van der Waals surface area contributed by atoms with Crippen molar-refractivity contribution in [2.45, 2.75) is 24.7 Å². The van der Waals surface area contributed by atoms with Crippen molar-refractivity contribution >= 4 is 16.0 Å². The molecule has 2 rings (SSSR count). The number of aromatic nitrogens is 2. The van der Waals surface area contributed by atoms with Crippen LogP contribution >= 0.6 is 0 Å². The zero-order chi connectivity index (χ0) is 15.3. The molecule has 1 aliphatic rings. The predicted molar refractivity (Wildman–Crippen MR) is 81.6 cm³/mol. The Balaban J connectivity index is 1.89. The Kier molecular flexibility index (Phi) is 5.49. The Morgan fingerprint density at radius 2 is 1.90 bits per heavy atom. The molecule has 0 bridgehead atoms. The molecule has 1 aromatic heterocycles. The van der Waals surface area contributed by atoms with Crippen molar-refractivity contribution in [3.05, 3.63) is 12.4 Å². The molecule has 1 fully saturated rings. The quantitative estimate of drug-likeness (QED) is 0.796. The first kappa shape index (κ1) is 16.1. The van der Waals surface area contributed by atoms with Crippen molar-refractivity contribution in [2.24, 2.45) is 5.92 Å². The van der Waals surface area contributed by atoms with Crippen LogP contribution in [0.25, 0.3) is 0 Å². The summed E-state index contributed by atoms with van der Waals surface area (Å²) >= 11 is 0. The molecule has 0 unspecified atom stereocenters. The summed E-state index contributed by atoms with van der Waals surface area (Å²) in [7, 11) is -1.84. The Morgan fingerprint density at radius 1 is 1.29 bits per heavy atom. The molecule has 2 heterocycles. The number of nitrogens with one attached hydrogen (secondary N) is 2. The molecule has 1 aromatic rings. The number of rotatable bonds is 6. The van der Waals surface area contributed by atoms with Crippen LogP contribution in [-0.2, 0) is 10.0 Å². The standard InChI is InChI=1S/C13H23N5O2S/c1-3-18-6-4-11(5-7-18)8-17-21(19,20)12-9-15-13(14-2)16-10-12/h9-11,17H,3-8H2,1-2H3,(H,14,15,16). The van der Waals surface area contributed by atoms with E-state index in [9.17, 15) is 8.42 Å². The Labute approximate surface area is 126 Å². The minimum Gasteiger partial charge on any atom is -0.357 e. The first-order valence-corrected chi connectivity index (χ1v) is 8.75. The minimum absolute atomic E-state index is 0.104. The second kappa shape index (κ2) is 7.15. The van der Waals surface area contributed by atoms with Crippen LogP contribution in [0.5, 0.6) is 0 Å². The molecule has 118 valence electrons. The third-order valence-electron chi connectivity index (χ3n) is 3.88. The molecule has 0 saturated carbocycles. The normalized spacial score (nSPS) is 17.8. The topological polar surface area (TPSA) is 87.2 Å². The fourth-order valence-corrected chi connectivity index (χ4v) is 3.41. The lowest BCUT2D eigenvalue weighted by molar-refractivity contribution is 0.194. The van der Waals surface area contributed by atoms with Crippen molar-refractivity contribution < 1.29 is 8.42 Å². The fourth-order valence-electron chi connectivity index (χ4n) is 2.40. The van der Waals surface area contributed by atoms with Crippen molar-refractivity contribution in [3.63, 3.8) is 0 Å².